The largest absolute Gasteiger partial charge is 0.481 e. The van der Waals surface area contributed by atoms with Gasteiger partial charge in [0.2, 0.25) is 0 Å². The SMILES string of the molecule is CC(Oc1ccc(-c2ccccc2)cc1)C(=O)N/N=C/c1cccs1. The number of carbonyl (C=O) groups excluding carboxylic acids is 1. The van der Waals surface area contributed by atoms with Crippen LogP contribution in [-0.4, -0.2) is 18.2 Å². The maximum atomic E-state index is 12.0. The van der Waals surface area contributed by atoms with Crippen molar-refractivity contribution < 1.29 is 9.53 Å². The van der Waals surface area contributed by atoms with E-state index >= 15 is 0 Å². The molecule has 1 N–H and O–H groups in total. The monoisotopic (exact) mass is 350 g/mol. The van der Waals surface area contributed by atoms with Gasteiger partial charge in [-0.05, 0) is 41.6 Å². The second-order valence-electron chi connectivity index (χ2n) is 5.40. The zero-order valence-electron chi connectivity index (χ0n) is 13.8. The van der Waals surface area contributed by atoms with Gasteiger partial charge in [-0.2, -0.15) is 5.10 Å². The van der Waals surface area contributed by atoms with Crippen LogP contribution in [0.4, 0.5) is 0 Å². The zero-order valence-corrected chi connectivity index (χ0v) is 14.6. The van der Waals surface area contributed by atoms with Crippen LogP contribution in [0.3, 0.4) is 0 Å². The molecular weight excluding hydrogens is 332 g/mol. The molecule has 5 heteroatoms. The summed E-state index contributed by atoms with van der Waals surface area (Å²) < 4.78 is 5.67. The van der Waals surface area contributed by atoms with E-state index in [0.717, 1.165) is 16.0 Å². The van der Waals surface area contributed by atoms with Crippen molar-refractivity contribution in [1.82, 2.24) is 5.43 Å². The Morgan fingerprint density at radius 2 is 1.76 bits per heavy atom. The Labute approximate surface area is 150 Å². The number of amides is 1. The molecule has 2 aromatic carbocycles. The topological polar surface area (TPSA) is 50.7 Å². The van der Waals surface area contributed by atoms with Crippen LogP contribution in [0.2, 0.25) is 0 Å². The first-order valence-corrected chi connectivity index (χ1v) is 8.79. The van der Waals surface area contributed by atoms with Crippen LogP contribution in [0.1, 0.15) is 11.8 Å². The number of nitrogens with zero attached hydrogens (tertiary/aromatic N) is 1. The summed E-state index contributed by atoms with van der Waals surface area (Å²) in [7, 11) is 0. The highest BCUT2D eigenvalue weighted by Gasteiger charge is 2.13. The van der Waals surface area contributed by atoms with Gasteiger partial charge in [-0.15, -0.1) is 11.3 Å². The van der Waals surface area contributed by atoms with Crippen molar-refractivity contribution in [2.75, 3.05) is 0 Å². The van der Waals surface area contributed by atoms with E-state index in [1.54, 1.807) is 24.5 Å². The number of ether oxygens (including phenoxy) is 1. The summed E-state index contributed by atoms with van der Waals surface area (Å²) in [6.45, 7) is 1.70. The number of hydrazone groups is 1. The molecule has 3 aromatic rings. The molecule has 0 aliphatic heterocycles. The lowest BCUT2D eigenvalue weighted by molar-refractivity contribution is -0.127. The van der Waals surface area contributed by atoms with Crippen LogP contribution < -0.4 is 10.2 Å². The molecule has 1 amide bonds. The van der Waals surface area contributed by atoms with Crippen LogP contribution in [0.15, 0.2) is 77.2 Å². The molecule has 1 atom stereocenters. The van der Waals surface area contributed by atoms with Gasteiger partial charge in [0, 0.05) is 4.88 Å². The molecule has 3 rings (SSSR count). The van der Waals surface area contributed by atoms with Crippen molar-refractivity contribution in [2.45, 2.75) is 13.0 Å². The third-order valence-electron chi connectivity index (χ3n) is 3.55. The first-order chi connectivity index (χ1) is 12.2. The lowest BCUT2D eigenvalue weighted by Crippen LogP contribution is -2.33. The molecule has 1 heterocycles. The van der Waals surface area contributed by atoms with Gasteiger partial charge in [0.05, 0.1) is 6.21 Å². The van der Waals surface area contributed by atoms with Crippen molar-refractivity contribution in [3.8, 4) is 16.9 Å². The van der Waals surface area contributed by atoms with Crippen molar-refractivity contribution in [2.24, 2.45) is 5.10 Å². The second kappa shape index (κ2) is 8.26. The van der Waals surface area contributed by atoms with Crippen molar-refractivity contribution >= 4 is 23.5 Å². The number of benzene rings is 2. The normalized spacial score (nSPS) is 12.0. The Kier molecular flexibility index (Phi) is 5.59. The van der Waals surface area contributed by atoms with Crippen LogP contribution in [0.5, 0.6) is 5.75 Å². The molecule has 0 bridgehead atoms. The summed E-state index contributed by atoms with van der Waals surface area (Å²) in [5, 5.41) is 5.89. The zero-order chi connectivity index (χ0) is 17.5. The van der Waals surface area contributed by atoms with E-state index in [1.165, 1.54) is 0 Å². The molecular formula is C20H18N2O2S. The standard InChI is InChI=1S/C20H18N2O2S/c1-15(20(23)22-21-14-19-8-5-13-25-19)24-18-11-9-17(10-12-18)16-6-3-2-4-7-16/h2-15H,1H3,(H,22,23)/b21-14+. The van der Waals surface area contributed by atoms with Gasteiger partial charge < -0.3 is 4.74 Å². The summed E-state index contributed by atoms with van der Waals surface area (Å²) in [6.07, 6.45) is 0.979. The minimum absolute atomic E-state index is 0.292. The third-order valence-corrected chi connectivity index (χ3v) is 4.36. The molecule has 0 spiro atoms. The van der Waals surface area contributed by atoms with Crippen LogP contribution >= 0.6 is 11.3 Å². The van der Waals surface area contributed by atoms with E-state index in [2.05, 4.69) is 22.7 Å². The van der Waals surface area contributed by atoms with Crippen LogP contribution in [0.25, 0.3) is 11.1 Å². The summed E-state index contributed by atoms with van der Waals surface area (Å²) in [5.41, 5.74) is 4.73. The molecule has 0 fully saturated rings. The Bertz CT molecular complexity index is 828. The fraction of sp³-hybridized carbons (Fsp3) is 0.100. The summed E-state index contributed by atoms with van der Waals surface area (Å²) >= 11 is 1.55. The minimum Gasteiger partial charge on any atom is -0.481 e. The summed E-state index contributed by atoms with van der Waals surface area (Å²) in [6, 6.07) is 21.6. The molecule has 0 aliphatic rings. The van der Waals surface area contributed by atoms with Crippen LogP contribution in [0, 0.1) is 0 Å². The number of carbonyl (C=O) groups is 1. The number of nitrogens with one attached hydrogen (secondary N) is 1. The smallest absolute Gasteiger partial charge is 0.280 e. The van der Waals surface area contributed by atoms with Gasteiger partial charge in [-0.3, -0.25) is 4.79 Å². The van der Waals surface area contributed by atoms with Gasteiger partial charge in [0.1, 0.15) is 5.75 Å². The molecule has 0 saturated carbocycles. The maximum Gasteiger partial charge on any atom is 0.280 e. The van der Waals surface area contributed by atoms with Gasteiger partial charge in [-0.25, -0.2) is 5.43 Å². The fourth-order valence-electron chi connectivity index (χ4n) is 2.23. The van der Waals surface area contributed by atoms with Gasteiger partial charge in [0.15, 0.2) is 6.10 Å². The van der Waals surface area contributed by atoms with E-state index in [0.29, 0.717) is 5.75 Å². The minimum atomic E-state index is -0.636. The molecule has 25 heavy (non-hydrogen) atoms. The van der Waals surface area contributed by atoms with E-state index in [9.17, 15) is 4.79 Å². The molecule has 1 aromatic heterocycles. The predicted octanol–water partition coefficient (Wildman–Crippen LogP) is 4.33. The van der Waals surface area contributed by atoms with E-state index in [1.807, 2.05) is 60.0 Å². The Morgan fingerprint density at radius 1 is 1.04 bits per heavy atom. The number of thiophene rings is 1. The quantitative estimate of drug-likeness (QED) is 0.531. The Balaban J connectivity index is 1.55. The number of rotatable bonds is 6. The van der Waals surface area contributed by atoms with Crippen molar-refractivity contribution in [1.29, 1.82) is 0 Å². The molecule has 126 valence electrons. The highest BCUT2D eigenvalue weighted by Crippen LogP contribution is 2.22. The molecule has 1 unspecified atom stereocenters. The lowest BCUT2D eigenvalue weighted by Gasteiger charge is -2.13. The highest BCUT2D eigenvalue weighted by molar-refractivity contribution is 7.11. The van der Waals surface area contributed by atoms with Gasteiger partial charge in [0.25, 0.3) is 5.91 Å². The van der Waals surface area contributed by atoms with E-state index in [-0.39, 0.29) is 5.91 Å². The number of hydrogen-bond donors (Lipinski definition) is 1. The Hall–Kier alpha value is -2.92. The van der Waals surface area contributed by atoms with Crippen LogP contribution in [-0.2, 0) is 4.79 Å². The van der Waals surface area contributed by atoms with Gasteiger partial charge >= 0.3 is 0 Å². The Morgan fingerprint density at radius 3 is 2.44 bits per heavy atom. The van der Waals surface area contributed by atoms with Gasteiger partial charge in [-0.1, -0.05) is 48.5 Å². The van der Waals surface area contributed by atoms with E-state index < -0.39 is 6.10 Å². The number of hydrogen-bond acceptors (Lipinski definition) is 4. The lowest BCUT2D eigenvalue weighted by atomic mass is 10.1. The van der Waals surface area contributed by atoms with Crippen molar-refractivity contribution in [3.63, 3.8) is 0 Å². The van der Waals surface area contributed by atoms with E-state index in [4.69, 9.17) is 4.74 Å². The molecule has 4 nitrogen and oxygen atoms in total. The average Bonchev–Trinajstić information content (AvgIpc) is 3.16. The molecule has 0 saturated heterocycles. The average molecular weight is 350 g/mol. The first kappa shape index (κ1) is 16.9. The van der Waals surface area contributed by atoms with Crippen molar-refractivity contribution in [3.05, 3.63) is 77.0 Å². The predicted molar refractivity (Wildman–Crippen MR) is 102 cm³/mol. The second-order valence-corrected chi connectivity index (χ2v) is 6.38. The molecule has 0 aliphatic carbocycles. The highest BCUT2D eigenvalue weighted by atomic mass is 32.1. The summed E-state index contributed by atoms with van der Waals surface area (Å²) in [4.78, 5) is 13.0. The summed E-state index contributed by atoms with van der Waals surface area (Å²) in [5.74, 6) is 0.351. The fourth-order valence-corrected chi connectivity index (χ4v) is 2.81. The maximum absolute atomic E-state index is 12.0. The molecule has 0 radical (unpaired) electrons. The first-order valence-electron chi connectivity index (χ1n) is 7.91. The third kappa shape index (κ3) is 4.78.